The molecule has 0 saturated carbocycles. The summed E-state index contributed by atoms with van der Waals surface area (Å²) in [7, 11) is 1.49. The Labute approximate surface area is 93.8 Å². The summed E-state index contributed by atoms with van der Waals surface area (Å²) in [5.74, 6) is -1.21. The first-order valence-corrected chi connectivity index (χ1v) is 4.45. The molecule has 2 heterocycles. The van der Waals surface area contributed by atoms with Gasteiger partial charge in [0, 0.05) is 7.05 Å². The predicted molar refractivity (Wildman–Crippen MR) is 54.4 cm³/mol. The van der Waals surface area contributed by atoms with Gasteiger partial charge in [0.15, 0.2) is 5.69 Å². The summed E-state index contributed by atoms with van der Waals surface area (Å²) in [5, 5.41) is 29.4. The fourth-order valence-corrected chi connectivity index (χ4v) is 1.48. The monoisotopic (exact) mass is 237 g/mol. The van der Waals surface area contributed by atoms with Crippen LogP contribution in [0.5, 0.6) is 0 Å². The van der Waals surface area contributed by atoms with Crippen LogP contribution in [0.1, 0.15) is 10.4 Å². The molecule has 0 bridgehead atoms. The molecular weight excluding hydrogens is 230 g/mol. The number of aromatic nitrogens is 4. The van der Waals surface area contributed by atoms with Crippen LogP contribution >= 0.6 is 0 Å². The molecule has 0 aliphatic rings. The van der Waals surface area contributed by atoms with Crippen LogP contribution in [-0.4, -0.2) is 36.0 Å². The fourth-order valence-electron chi connectivity index (χ4n) is 1.48. The van der Waals surface area contributed by atoms with Crippen LogP contribution < -0.4 is 0 Å². The first-order valence-electron chi connectivity index (χ1n) is 4.45. The molecule has 0 unspecified atom stereocenters. The van der Waals surface area contributed by atoms with Gasteiger partial charge in [-0.3, -0.25) is 19.9 Å². The molecule has 2 N–H and O–H groups in total. The minimum atomic E-state index is -1.21. The third-order valence-electron chi connectivity index (χ3n) is 2.22. The van der Waals surface area contributed by atoms with Crippen molar-refractivity contribution in [2.24, 2.45) is 7.05 Å². The highest BCUT2D eigenvalue weighted by Gasteiger charge is 2.25. The van der Waals surface area contributed by atoms with Gasteiger partial charge in [-0.05, 0) is 0 Å². The molecule has 0 atom stereocenters. The Morgan fingerprint density at radius 3 is 2.88 bits per heavy atom. The number of nitrogens with one attached hydrogen (secondary N) is 1. The zero-order valence-electron chi connectivity index (χ0n) is 8.62. The van der Waals surface area contributed by atoms with Crippen molar-refractivity contribution in [1.29, 1.82) is 0 Å². The predicted octanol–water partition coefficient (Wildman–Crippen LogP) is 0.417. The zero-order chi connectivity index (χ0) is 12.6. The van der Waals surface area contributed by atoms with Crippen LogP contribution in [0.25, 0.3) is 11.4 Å². The van der Waals surface area contributed by atoms with Crippen LogP contribution in [0.2, 0.25) is 0 Å². The molecule has 0 aliphatic carbocycles. The summed E-state index contributed by atoms with van der Waals surface area (Å²) in [6.45, 7) is 0. The first-order chi connectivity index (χ1) is 8.02. The molecule has 2 aromatic rings. The summed E-state index contributed by atoms with van der Waals surface area (Å²) >= 11 is 0. The largest absolute Gasteiger partial charge is 0.478 e. The maximum absolute atomic E-state index is 11.0. The van der Waals surface area contributed by atoms with Crippen molar-refractivity contribution >= 4 is 11.7 Å². The lowest BCUT2D eigenvalue weighted by Gasteiger charge is -2.00. The number of aromatic carboxylic acids is 1. The number of carboxylic acids is 1. The Kier molecular flexibility index (Phi) is 2.35. The number of nitro groups is 1. The minimum absolute atomic E-state index is 0.0207. The molecule has 17 heavy (non-hydrogen) atoms. The molecule has 88 valence electrons. The van der Waals surface area contributed by atoms with Crippen molar-refractivity contribution in [1.82, 2.24) is 20.0 Å². The number of nitrogens with zero attached hydrogens (tertiary/aromatic N) is 4. The van der Waals surface area contributed by atoms with E-state index in [1.54, 1.807) is 0 Å². The molecule has 0 saturated heterocycles. The van der Waals surface area contributed by atoms with Gasteiger partial charge in [0.1, 0.15) is 17.5 Å². The number of aryl methyl sites for hydroxylation is 1. The van der Waals surface area contributed by atoms with E-state index >= 15 is 0 Å². The summed E-state index contributed by atoms with van der Waals surface area (Å²) in [6.07, 6.45) is 2.15. The Bertz CT molecular complexity index is 599. The van der Waals surface area contributed by atoms with E-state index in [1.807, 2.05) is 0 Å². The highest BCUT2D eigenvalue weighted by molar-refractivity contribution is 5.95. The van der Waals surface area contributed by atoms with E-state index in [2.05, 4.69) is 15.3 Å². The number of hydrogen-bond acceptors (Lipinski definition) is 5. The van der Waals surface area contributed by atoms with Gasteiger partial charge in [-0.2, -0.15) is 10.2 Å². The summed E-state index contributed by atoms with van der Waals surface area (Å²) in [5.41, 5.74) is -0.287. The summed E-state index contributed by atoms with van der Waals surface area (Å²) in [4.78, 5) is 21.1. The molecule has 0 aliphatic heterocycles. The average Bonchev–Trinajstić information content (AvgIpc) is 2.82. The van der Waals surface area contributed by atoms with Gasteiger partial charge >= 0.3 is 11.7 Å². The second-order valence-electron chi connectivity index (χ2n) is 3.22. The van der Waals surface area contributed by atoms with Crippen LogP contribution in [0, 0.1) is 10.1 Å². The molecular formula is C8H7N5O4. The number of carbonyl (C=O) groups is 1. The van der Waals surface area contributed by atoms with Gasteiger partial charge in [0.25, 0.3) is 0 Å². The number of hydrogen-bond donors (Lipinski definition) is 2. The molecule has 0 radical (unpaired) electrons. The molecule has 0 fully saturated rings. The average molecular weight is 237 g/mol. The Morgan fingerprint density at radius 1 is 1.59 bits per heavy atom. The standard InChI is InChI=1S/C8H7N5O4/c1-12-7(4(2-10-12)8(14)15)6-5(13(16)17)3-9-11-6/h2-3H,1H3,(H,9,11)(H,14,15). The third kappa shape index (κ3) is 1.62. The second-order valence-corrected chi connectivity index (χ2v) is 3.22. The van der Waals surface area contributed by atoms with Gasteiger partial charge in [-0.15, -0.1) is 0 Å². The minimum Gasteiger partial charge on any atom is -0.478 e. The smallest absolute Gasteiger partial charge is 0.339 e. The molecule has 2 aromatic heterocycles. The maximum Gasteiger partial charge on any atom is 0.339 e. The molecule has 9 heteroatoms. The lowest BCUT2D eigenvalue weighted by Crippen LogP contribution is -2.02. The molecule has 0 aromatic carbocycles. The van der Waals surface area contributed by atoms with Crippen molar-refractivity contribution in [3.05, 3.63) is 28.1 Å². The second kappa shape index (κ2) is 3.70. The normalized spacial score (nSPS) is 10.4. The number of aromatic amines is 1. The van der Waals surface area contributed by atoms with Crippen molar-refractivity contribution in [3.63, 3.8) is 0 Å². The van der Waals surface area contributed by atoms with Crippen molar-refractivity contribution < 1.29 is 14.8 Å². The number of H-pyrrole nitrogens is 1. The van der Waals surface area contributed by atoms with Crippen molar-refractivity contribution in [3.8, 4) is 11.4 Å². The Balaban J connectivity index is 2.68. The Morgan fingerprint density at radius 2 is 2.29 bits per heavy atom. The highest BCUT2D eigenvalue weighted by Crippen LogP contribution is 2.29. The lowest BCUT2D eigenvalue weighted by atomic mass is 10.2. The molecule has 0 amide bonds. The van der Waals surface area contributed by atoms with Gasteiger partial charge in [0.05, 0.1) is 11.1 Å². The van der Waals surface area contributed by atoms with Crippen LogP contribution in [0.4, 0.5) is 5.69 Å². The number of rotatable bonds is 3. The zero-order valence-corrected chi connectivity index (χ0v) is 8.62. The van der Waals surface area contributed by atoms with Crippen LogP contribution in [0.3, 0.4) is 0 Å². The third-order valence-corrected chi connectivity index (χ3v) is 2.22. The van der Waals surface area contributed by atoms with Gasteiger partial charge in [0.2, 0.25) is 0 Å². The Hall–Kier alpha value is -2.71. The van der Waals surface area contributed by atoms with E-state index in [0.717, 1.165) is 12.4 Å². The van der Waals surface area contributed by atoms with Gasteiger partial charge < -0.3 is 5.11 Å². The maximum atomic E-state index is 11.0. The molecule has 9 nitrogen and oxygen atoms in total. The summed E-state index contributed by atoms with van der Waals surface area (Å²) < 4.78 is 1.24. The highest BCUT2D eigenvalue weighted by atomic mass is 16.6. The van der Waals surface area contributed by atoms with Crippen molar-refractivity contribution in [2.75, 3.05) is 0 Å². The molecule has 2 rings (SSSR count). The topological polar surface area (TPSA) is 127 Å². The van der Waals surface area contributed by atoms with E-state index in [9.17, 15) is 14.9 Å². The summed E-state index contributed by atoms with van der Waals surface area (Å²) in [6, 6.07) is 0. The van der Waals surface area contributed by atoms with Crippen LogP contribution in [0.15, 0.2) is 12.4 Å². The molecule has 0 spiro atoms. The van der Waals surface area contributed by atoms with Crippen molar-refractivity contribution in [2.45, 2.75) is 0 Å². The van der Waals surface area contributed by atoms with E-state index < -0.39 is 10.9 Å². The van der Waals surface area contributed by atoms with Gasteiger partial charge in [-0.1, -0.05) is 0 Å². The van der Waals surface area contributed by atoms with E-state index in [0.29, 0.717) is 0 Å². The van der Waals surface area contributed by atoms with E-state index in [1.165, 1.54) is 11.7 Å². The SMILES string of the molecule is Cn1ncc(C(=O)O)c1-c1[nH]ncc1[N+](=O)[O-]. The fraction of sp³-hybridized carbons (Fsp3) is 0.125. The lowest BCUT2D eigenvalue weighted by molar-refractivity contribution is -0.384. The first kappa shape index (κ1) is 10.8. The quantitative estimate of drug-likeness (QED) is 0.588. The van der Waals surface area contributed by atoms with E-state index in [4.69, 9.17) is 5.11 Å². The van der Waals surface area contributed by atoms with Gasteiger partial charge in [-0.25, -0.2) is 4.79 Å². The van der Waals surface area contributed by atoms with Crippen LogP contribution in [-0.2, 0) is 7.05 Å². The van der Waals surface area contributed by atoms with E-state index in [-0.39, 0.29) is 22.6 Å². The number of carboxylic acid groups (broad SMARTS) is 1.